The maximum absolute atomic E-state index is 12.4. The fourth-order valence-corrected chi connectivity index (χ4v) is 3.13. The summed E-state index contributed by atoms with van der Waals surface area (Å²) < 4.78 is 1.78. The largest absolute Gasteiger partial charge is 0.327 e. The Kier molecular flexibility index (Phi) is 4.99. The van der Waals surface area contributed by atoms with Gasteiger partial charge in [0.05, 0.1) is 0 Å². The van der Waals surface area contributed by atoms with E-state index in [0.717, 1.165) is 5.56 Å². The number of carbonyl (C=O) groups excluding carboxylic acids is 1. The first-order valence-corrected chi connectivity index (χ1v) is 8.60. The third-order valence-corrected chi connectivity index (χ3v) is 4.59. The normalized spacial score (nSPS) is 11.7. The zero-order chi connectivity index (χ0) is 17.8. The molecule has 1 amide bonds. The summed E-state index contributed by atoms with van der Waals surface area (Å²) in [5, 5.41) is 1.86. The Labute approximate surface area is 147 Å². The number of rotatable bonds is 4. The van der Waals surface area contributed by atoms with Gasteiger partial charge in [0.1, 0.15) is 5.82 Å². The minimum Gasteiger partial charge on any atom is -0.327 e. The number of aromatic amines is 1. The summed E-state index contributed by atoms with van der Waals surface area (Å²) in [6, 6.07) is 3.56. The minimum absolute atomic E-state index is 0.165. The minimum atomic E-state index is -0.255. The van der Waals surface area contributed by atoms with Crippen molar-refractivity contribution in [1.82, 2.24) is 19.5 Å². The molecule has 0 radical (unpaired) electrons. The van der Waals surface area contributed by atoms with Gasteiger partial charge >= 0.3 is 0 Å². The summed E-state index contributed by atoms with van der Waals surface area (Å²) in [5.74, 6) is 0.241. The molecule has 0 aliphatic carbocycles. The first-order chi connectivity index (χ1) is 12.0. The molecule has 128 valence electrons. The Hall–Kier alpha value is -2.87. The second kappa shape index (κ2) is 7.35. The van der Waals surface area contributed by atoms with Crippen LogP contribution in [0.15, 0.2) is 45.9 Å². The first kappa shape index (κ1) is 17.0. The van der Waals surface area contributed by atoms with Crippen LogP contribution in [-0.4, -0.2) is 25.4 Å². The lowest BCUT2D eigenvalue weighted by atomic mass is 10.1. The molecule has 0 atom stereocenters. The molecule has 0 spiro atoms. The first-order valence-electron chi connectivity index (χ1n) is 7.72. The Morgan fingerprint density at radius 3 is 2.76 bits per heavy atom. The van der Waals surface area contributed by atoms with E-state index in [1.54, 1.807) is 36.0 Å². The third-order valence-electron chi connectivity index (χ3n) is 3.74. The molecule has 3 rings (SSSR count). The van der Waals surface area contributed by atoms with Crippen LogP contribution in [-0.2, 0) is 18.3 Å². The lowest BCUT2D eigenvalue weighted by Crippen LogP contribution is -2.19. The number of amides is 1. The highest BCUT2D eigenvalue weighted by Crippen LogP contribution is 2.13. The SMILES string of the molecule is Cc1nc(-c2ccncc2)[nH]c(=O)c1CCC(=O)N=c1sccn1C. The van der Waals surface area contributed by atoms with Crippen LogP contribution in [0.4, 0.5) is 0 Å². The van der Waals surface area contributed by atoms with Gasteiger partial charge in [0.2, 0.25) is 5.91 Å². The van der Waals surface area contributed by atoms with Crippen molar-refractivity contribution in [3.8, 4) is 11.4 Å². The number of thiazole rings is 1. The van der Waals surface area contributed by atoms with Crippen molar-refractivity contribution < 1.29 is 4.79 Å². The molecular weight excluding hydrogens is 338 g/mol. The molecule has 3 aromatic rings. The fourth-order valence-electron chi connectivity index (χ4n) is 2.38. The maximum atomic E-state index is 12.4. The van der Waals surface area contributed by atoms with Crippen molar-refractivity contribution in [3.05, 3.63) is 62.5 Å². The summed E-state index contributed by atoms with van der Waals surface area (Å²) in [6.07, 6.45) is 5.60. The van der Waals surface area contributed by atoms with Crippen LogP contribution in [0.3, 0.4) is 0 Å². The predicted octanol–water partition coefficient (Wildman–Crippen LogP) is 1.60. The number of pyridine rings is 1. The average molecular weight is 355 g/mol. The standard InChI is InChI=1S/C17H17N5O2S/c1-11-13(3-4-14(23)20-17-22(2)9-10-25-17)16(24)21-15(19-11)12-5-7-18-8-6-12/h5-10H,3-4H2,1-2H3,(H,19,21,24). The topological polar surface area (TPSA) is 93.0 Å². The highest BCUT2D eigenvalue weighted by Gasteiger charge is 2.11. The fraction of sp³-hybridized carbons (Fsp3) is 0.235. The maximum Gasteiger partial charge on any atom is 0.254 e. The number of aryl methyl sites for hydroxylation is 2. The van der Waals surface area contributed by atoms with Gasteiger partial charge in [-0.05, 0) is 25.5 Å². The van der Waals surface area contributed by atoms with Crippen molar-refractivity contribution >= 4 is 17.2 Å². The number of nitrogens with zero attached hydrogens (tertiary/aromatic N) is 4. The summed E-state index contributed by atoms with van der Waals surface area (Å²) >= 11 is 1.40. The predicted molar refractivity (Wildman–Crippen MR) is 95.0 cm³/mol. The Morgan fingerprint density at radius 1 is 1.36 bits per heavy atom. The van der Waals surface area contributed by atoms with Crippen LogP contribution in [0, 0.1) is 6.92 Å². The van der Waals surface area contributed by atoms with E-state index >= 15 is 0 Å². The second-order valence-corrected chi connectivity index (χ2v) is 6.39. The number of hydrogen-bond donors (Lipinski definition) is 1. The Balaban J connectivity index is 1.79. The molecule has 7 nitrogen and oxygen atoms in total. The third kappa shape index (κ3) is 3.97. The second-order valence-electron chi connectivity index (χ2n) is 5.52. The van der Waals surface area contributed by atoms with Crippen LogP contribution < -0.4 is 10.4 Å². The highest BCUT2D eigenvalue weighted by atomic mass is 32.1. The molecule has 0 saturated heterocycles. The molecular formula is C17H17N5O2S. The van der Waals surface area contributed by atoms with E-state index in [-0.39, 0.29) is 17.9 Å². The van der Waals surface area contributed by atoms with Gasteiger partial charge in [0.15, 0.2) is 4.80 Å². The number of aromatic nitrogens is 4. The van der Waals surface area contributed by atoms with E-state index in [4.69, 9.17) is 0 Å². The van der Waals surface area contributed by atoms with Crippen molar-refractivity contribution in [3.63, 3.8) is 0 Å². The summed E-state index contributed by atoms with van der Waals surface area (Å²) in [6.45, 7) is 1.77. The number of hydrogen-bond acceptors (Lipinski definition) is 5. The molecule has 25 heavy (non-hydrogen) atoms. The van der Waals surface area contributed by atoms with Gasteiger partial charge in [0.25, 0.3) is 5.56 Å². The van der Waals surface area contributed by atoms with Crippen LogP contribution in [0.2, 0.25) is 0 Å². The summed E-state index contributed by atoms with van der Waals surface area (Å²) in [5.41, 5.74) is 1.69. The van der Waals surface area contributed by atoms with E-state index in [0.29, 0.717) is 28.3 Å². The molecule has 0 saturated carbocycles. The monoisotopic (exact) mass is 355 g/mol. The van der Waals surface area contributed by atoms with E-state index in [9.17, 15) is 9.59 Å². The molecule has 0 aromatic carbocycles. The van der Waals surface area contributed by atoms with Crippen LogP contribution in [0.1, 0.15) is 17.7 Å². The average Bonchev–Trinajstić information content (AvgIpc) is 2.99. The van der Waals surface area contributed by atoms with Gasteiger partial charge in [0, 0.05) is 54.3 Å². The van der Waals surface area contributed by atoms with E-state index in [2.05, 4.69) is 19.9 Å². The molecule has 0 unspecified atom stereocenters. The molecule has 0 bridgehead atoms. The molecule has 8 heteroatoms. The Bertz CT molecular complexity index is 1020. The van der Waals surface area contributed by atoms with Gasteiger partial charge < -0.3 is 9.55 Å². The van der Waals surface area contributed by atoms with E-state index < -0.39 is 0 Å². The lowest BCUT2D eigenvalue weighted by Gasteiger charge is -2.06. The molecule has 1 N–H and O–H groups in total. The van der Waals surface area contributed by atoms with Crippen molar-refractivity contribution in [2.75, 3.05) is 0 Å². The number of carbonyl (C=O) groups is 1. The van der Waals surface area contributed by atoms with Crippen LogP contribution in [0.25, 0.3) is 11.4 Å². The number of H-pyrrole nitrogens is 1. The number of nitrogens with one attached hydrogen (secondary N) is 1. The Morgan fingerprint density at radius 2 is 2.12 bits per heavy atom. The van der Waals surface area contributed by atoms with Gasteiger partial charge in [-0.2, -0.15) is 4.99 Å². The summed E-state index contributed by atoms with van der Waals surface area (Å²) in [4.78, 5) is 40.3. The smallest absolute Gasteiger partial charge is 0.254 e. The van der Waals surface area contributed by atoms with Crippen molar-refractivity contribution in [1.29, 1.82) is 0 Å². The molecule has 3 heterocycles. The van der Waals surface area contributed by atoms with E-state index in [1.165, 1.54) is 11.3 Å². The van der Waals surface area contributed by atoms with Crippen LogP contribution >= 0.6 is 11.3 Å². The van der Waals surface area contributed by atoms with Gasteiger partial charge in [-0.15, -0.1) is 11.3 Å². The molecule has 3 aromatic heterocycles. The zero-order valence-corrected chi connectivity index (χ0v) is 14.7. The zero-order valence-electron chi connectivity index (χ0n) is 13.9. The quantitative estimate of drug-likeness (QED) is 0.769. The molecule has 0 aliphatic heterocycles. The van der Waals surface area contributed by atoms with Crippen LogP contribution in [0.5, 0.6) is 0 Å². The summed E-state index contributed by atoms with van der Waals surface area (Å²) in [7, 11) is 1.83. The lowest BCUT2D eigenvalue weighted by molar-refractivity contribution is -0.118. The van der Waals surface area contributed by atoms with E-state index in [1.807, 2.05) is 18.6 Å². The van der Waals surface area contributed by atoms with Gasteiger partial charge in [-0.25, -0.2) is 4.98 Å². The van der Waals surface area contributed by atoms with Crippen molar-refractivity contribution in [2.24, 2.45) is 12.0 Å². The highest BCUT2D eigenvalue weighted by molar-refractivity contribution is 7.07. The van der Waals surface area contributed by atoms with Crippen molar-refractivity contribution in [2.45, 2.75) is 19.8 Å². The molecule has 0 fully saturated rings. The molecule has 0 aliphatic rings. The van der Waals surface area contributed by atoms with Gasteiger partial charge in [-0.3, -0.25) is 14.6 Å². The van der Waals surface area contributed by atoms with Gasteiger partial charge in [-0.1, -0.05) is 0 Å².